The molecule has 1 aromatic heterocycles. The summed E-state index contributed by atoms with van der Waals surface area (Å²) in [5.74, 6) is -0.0788. The van der Waals surface area contributed by atoms with Crippen molar-refractivity contribution in [1.82, 2.24) is 4.98 Å². The van der Waals surface area contributed by atoms with Gasteiger partial charge in [0, 0.05) is 12.5 Å². The van der Waals surface area contributed by atoms with Crippen molar-refractivity contribution >= 4 is 23.2 Å². The zero-order chi connectivity index (χ0) is 15.2. The monoisotopic (exact) mass is 303 g/mol. The summed E-state index contributed by atoms with van der Waals surface area (Å²) in [6.07, 6.45) is 2.50. The average Bonchev–Trinajstić information content (AvgIpc) is 2.49. The first kappa shape index (κ1) is 15.5. The molecule has 110 valence electrons. The Hall–Kier alpha value is -1.91. The Morgan fingerprint density at radius 2 is 2.10 bits per heavy atom. The number of aromatic nitrogens is 1. The van der Waals surface area contributed by atoms with E-state index < -0.39 is 0 Å². The van der Waals surface area contributed by atoms with Crippen LogP contribution in [0, 0.1) is 6.92 Å². The fourth-order valence-corrected chi connectivity index (χ4v) is 2.11. The van der Waals surface area contributed by atoms with E-state index in [0.717, 1.165) is 11.1 Å². The summed E-state index contributed by atoms with van der Waals surface area (Å²) in [4.78, 5) is 15.9. The molecule has 1 aromatic carbocycles. The van der Waals surface area contributed by atoms with Crippen molar-refractivity contribution in [2.75, 3.05) is 5.32 Å². The minimum Gasteiger partial charge on any atom is -0.325 e. The van der Waals surface area contributed by atoms with Crippen molar-refractivity contribution in [3.63, 3.8) is 0 Å². The van der Waals surface area contributed by atoms with E-state index in [9.17, 15) is 4.79 Å². The van der Waals surface area contributed by atoms with Crippen LogP contribution in [0.4, 0.5) is 5.69 Å². The second-order valence-electron chi connectivity index (χ2n) is 4.94. The maximum atomic E-state index is 11.9. The minimum absolute atomic E-state index is 0.0788. The van der Waals surface area contributed by atoms with E-state index in [1.165, 1.54) is 0 Å². The number of carbonyl (C=O) groups is 1. The van der Waals surface area contributed by atoms with Gasteiger partial charge < -0.3 is 11.1 Å². The summed E-state index contributed by atoms with van der Waals surface area (Å²) >= 11 is 5.85. The molecule has 3 N–H and O–H groups in total. The van der Waals surface area contributed by atoms with Gasteiger partial charge in [-0.3, -0.25) is 4.79 Å². The summed E-state index contributed by atoms with van der Waals surface area (Å²) in [7, 11) is 0. The Kier molecular flexibility index (Phi) is 5.31. The van der Waals surface area contributed by atoms with Crippen LogP contribution < -0.4 is 11.1 Å². The number of hydrogen-bond acceptors (Lipinski definition) is 3. The van der Waals surface area contributed by atoms with Gasteiger partial charge in [-0.05, 0) is 30.5 Å². The zero-order valence-corrected chi connectivity index (χ0v) is 12.6. The second kappa shape index (κ2) is 7.20. The van der Waals surface area contributed by atoms with Crippen LogP contribution in [0.2, 0.25) is 5.15 Å². The van der Waals surface area contributed by atoms with Gasteiger partial charge in [-0.15, -0.1) is 0 Å². The van der Waals surface area contributed by atoms with Gasteiger partial charge in [0.25, 0.3) is 0 Å². The van der Waals surface area contributed by atoms with Gasteiger partial charge in [-0.1, -0.05) is 41.9 Å². The Labute approximate surface area is 129 Å². The zero-order valence-electron chi connectivity index (χ0n) is 11.8. The molecule has 21 heavy (non-hydrogen) atoms. The van der Waals surface area contributed by atoms with E-state index >= 15 is 0 Å². The molecule has 1 amide bonds. The van der Waals surface area contributed by atoms with E-state index in [4.69, 9.17) is 17.3 Å². The van der Waals surface area contributed by atoms with Gasteiger partial charge in [0.05, 0.1) is 11.9 Å². The lowest BCUT2D eigenvalue weighted by Gasteiger charge is -2.12. The maximum Gasteiger partial charge on any atom is 0.224 e. The van der Waals surface area contributed by atoms with Crippen LogP contribution in [-0.2, 0) is 4.79 Å². The number of nitrogens with two attached hydrogens (primary N) is 1. The van der Waals surface area contributed by atoms with Crippen molar-refractivity contribution < 1.29 is 4.79 Å². The highest BCUT2D eigenvalue weighted by Gasteiger charge is 2.09. The number of hydrogen-bond donors (Lipinski definition) is 2. The number of pyridine rings is 1. The van der Waals surface area contributed by atoms with E-state index in [0.29, 0.717) is 23.7 Å². The minimum atomic E-state index is -0.137. The number of rotatable bonds is 5. The van der Waals surface area contributed by atoms with Crippen molar-refractivity contribution in [3.8, 4) is 0 Å². The molecule has 0 radical (unpaired) electrons. The van der Waals surface area contributed by atoms with Crippen molar-refractivity contribution in [2.45, 2.75) is 25.8 Å². The summed E-state index contributed by atoms with van der Waals surface area (Å²) in [6, 6.07) is 11.4. The molecular formula is C16H18ClN3O. The molecule has 0 aliphatic heterocycles. The van der Waals surface area contributed by atoms with Gasteiger partial charge in [-0.2, -0.15) is 0 Å². The maximum absolute atomic E-state index is 11.9. The summed E-state index contributed by atoms with van der Waals surface area (Å²) in [5.41, 5.74) is 8.58. The average molecular weight is 304 g/mol. The molecule has 1 atom stereocenters. The third-order valence-electron chi connectivity index (χ3n) is 3.21. The highest BCUT2D eigenvalue weighted by molar-refractivity contribution is 6.30. The molecule has 1 heterocycles. The van der Waals surface area contributed by atoms with Gasteiger partial charge in [0.1, 0.15) is 5.15 Å². The summed E-state index contributed by atoms with van der Waals surface area (Å²) < 4.78 is 0. The molecular weight excluding hydrogens is 286 g/mol. The van der Waals surface area contributed by atoms with Crippen LogP contribution in [0.15, 0.2) is 42.6 Å². The fraction of sp³-hybridized carbons (Fsp3) is 0.250. The topological polar surface area (TPSA) is 68.0 Å². The van der Waals surface area contributed by atoms with Crippen molar-refractivity contribution in [2.24, 2.45) is 5.73 Å². The molecule has 5 heteroatoms. The van der Waals surface area contributed by atoms with Crippen molar-refractivity contribution in [3.05, 3.63) is 58.9 Å². The molecule has 2 aromatic rings. The van der Waals surface area contributed by atoms with Crippen LogP contribution in [-0.4, -0.2) is 10.9 Å². The first-order chi connectivity index (χ1) is 10.1. The Bertz CT molecular complexity index is 616. The Balaban J connectivity index is 1.86. The lowest BCUT2D eigenvalue weighted by molar-refractivity contribution is -0.116. The molecule has 0 saturated heterocycles. The molecule has 0 aliphatic carbocycles. The fourth-order valence-electron chi connectivity index (χ4n) is 2.00. The number of nitrogens with one attached hydrogen (secondary N) is 1. The number of amides is 1. The Morgan fingerprint density at radius 3 is 2.76 bits per heavy atom. The van der Waals surface area contributed by atoms with Crippen LogP contribution in [0.5, 0.6) is 0 Å². The third kappa shape index (κ3) is 4.55. The molecule has 1 unspecified atom stereocenters. The molecule has 0 spiro atoms. The Morgan fingerprint density at radius 1 is 1.38 bits per heavy atom. The lowest BCUT2D eigenvalue weighted by atomic mass is 10.0. The third-order valence-corrected chi connectivity index (χ3v) is 3.60. The quantitative estimate of drug-likeness (QED) is 0.831. The SMILES string of the molecule is Cc1cc(NC(=O)CCC(N)c2ccccc2)cnc1Cl. The first-order valence-electron chi connectivity index (χ1n) is 6.79. The van der Waals surface area contributed by atoms with Gasteiger partial charge >= 0.3 is 0 Å². The highest BCUT2D eigenvalue weighted by atomic mass is 35.5. The number of halogens is 1. The number of aryl methyl sites for hydroxylation is 1. The molecule has 0 fully saturated rings. The van der Waals surface area contributed by atoms with Crippen molar-refractivity contribution in [1.29, 1.82) is 0 Å². The van der Waals surface area contributed by atoms with Crippen LogP contribution in [0.3, 0.4) is 0 Å². The number of benzene rings is 1. The molecule has 2 rings (SSSR count). The molecule has 0 aliphatic rings. The largest absolute Gasteiger partial charge is 0.325 e. The lowest BCUT2D eigenvalue weighted by Crippen LogP contribution is -2.16. The van der Waals surface area contributed by atoms with Crippen LogP contribution in [0.1, 0.15) is 30.0 Å². The van der Waals surface area contributed by atoms with Gasteiger partial charge in [-0.25, -0.2) is 4.98 Å². The van der Waals surface area contributed by atoms with Gasteiger partial charge in [0.15, 0.2) is 0 Å². The first-order valence-corrected chi connectivity index (χ1v) is 7.16. The molecule has 0 saturated carbocycles. The molecule has 4 nitrogen and oxygen atoms in total. The number of anilines is 1. The molecule has 0 bridgehead atoms. The van der Waals surface area contributed by atoms with E-state index in [2.05, 4.69) is 10.3 Å². The van der Waals surface area contributed by atoms with Gasteiger partial charge in [0.2, 0.25) is 5.91 Å². The van der Waals surface area contributed by atoms with Crippen LogP contribution >= 0.6 is 11.6 Å². The summed E-state index contributed by atoms with van der Waals surface area (Å²) in [6.45, 7) is 1.84. The van der Waals surface area contributed by atoms with E-state index in [1.807, 2.05) is 37.3 Å². The summed E-state index contributed by atoms with van der Waals surface area (Å²) in [5, 5.41) is 3.24. The smallest absolute Gasteiger partial charge is 0.224 e. The normalized spacial score (nSPS) is 12.0. The predicted octanol–water partition coefficient (Wildman–Crippen LogP) is 3.46. The second-order valence-corrected chi connectivity index (χ2v) is 5.29. The van der Waals surface area contributed by atoms with E-state index in [1.54, 1.807) is 12.3 Å². The van der Waals surface area contributed by atoms with Crippen LogP contribution in [0.25, 0.3) is 0 Å². The number of nitrogens with zero attached hydrogens (tertiary/aromatic N) is 1. The highest BCUT2D eigenvalue weighted by Crippen LogP contribution is 2.18. The van der Waals surface area contributed by atoms with E-state index in [-0.39, 0.29) is 11.9 Å². The number of carbonyl (C=O) groups excluding carboxylic acids is 1. The standard InChI is InChI=1S/C16H18ClN3O/c1-11-9-13(10-19-16(11)17)20-15(21)8-7-14(18)12-5-3-2-4-6-12/h2-6,9-10,14H,7-8,18H2,1H3,(H,20,21). The predicted molar refractivity (Wildman–Crippen MR) is 85.2 cm³/mol.